The lowest BCUT2D eigenvalue weighted by Crippen LogP contribution is -2.54. The van der Waals surface area contributed by atoms with Crippen molar-refractivity contribution in [3.8, 4) is 5.75 Å². The molecule has 0 fully saturated rings. The number of ether oxygens (including phenoxy) is 1. The van der Waals surface area contributed by atoms with Gasteiger partial charge >= 0.3 is 0 Å². The van der Waals surface area contributed by atoms with E-state index < -0.39 is 22.7 Å². The molecule has 0 aliphatic carbocycles. The van der Waals surface area contributed by atoms with Crippen LogP contribution in [0, 0.1) is 0 Å². The number of carbonyl (C=O) groups is 3. The molecule has 1 aliphatic rings. The van der Waals surface area contributed by atoms with Gasteiger partial charge in [0.1, 0.15) is 18.4 Å². The third-order valence-corrected chi connectivity index (χ3v) is 27.3. The smallest absolute Gasteiger partial charge is 0.243 e. The van der Waals surface area contributed by atoms with Gasteiger partial charge < -0.3 is 28.7 Å². The highest BCUT2D eigenvalue weighted by atomic mass is 28.4. The molecule has 0 saturated heterocycles. The molecular formula is C59H87N3O6Si2. The standard InChI is InChI=1S/C59H87N3O6Si2/c1-43(2)69(44(3)4,45(5)6)67-36-20-26-54-41-61(57(63)40-51-28-31-52-24-16-17-25-53(52)38-51)34-18-19-35-62(56(59(65)60-54)27-21-37-68-70(46(7)8,47(9)10)48(11)12)58(64)39-49-29-32-55(33-30-49)66-42-50-22-14-13-15-23-50/h13-19,22-25,28-33,38,43-48,54,56H,20-21,26-27,34-37,39-42H2,1-12H3,(H,60,65)/b19-18+/t54-,56+/m1/s1. The molecule has 4 aromatic carbocycles. The van der Waals surface area contributed by atoms with Gasteiger partial charge in [0, 0.05) is 38.9 Å². The second kappa shape index (κ2) is 26.8. The van der Waals surface area contributed by atoms with Gasteiger partial charge in [0.15, 0.2) is 16.6 Å². The Morgan fingerprint density at radius 3 is 1.69 bits per heavy atom. The normalized spacial score (nSPS) is 17.0. The van der Waals surface area contributed by atoms with E-state index in [0.29, 0.717) is 85.4 Å². The fourth-order valence-corrected chi connectivity index (χ4v) is 22.7. The van der Waals surface area contributed by atoms with Gasteiger partial charge in [-0.05, 0) is 98.5 Å². The number of nitrogens with zero attached hydrogens (tertiary/aromatic N) is 2. The van der Waals surface area contributed by atoms with Crippen LogP contribution >= 0.6 is 0 Å². The van der Waals surface area contributed by atoms with E-state index in [-0.39, 0.29) is 43.1 Å². The van der Waals surface area contributed by atoms with Gasteiger partial charge in [-0.15, -0.1) is 0 Å². The van der Waals surface area contributed by atoms with Crippen LogP contribution in [0.4, 0.5) is 0 Å². The Morgan fingerprint density at radius 2 is 1.10 bits per heavy atom. The van der Waals surface area contributed by atoms with Crippen molar-refractivity contribution in [3.63, 3.8) is 0 Å². The van der Waals surface area contributed by atoms with E-state index in [1.165, 1.54) is 0 Å². The van der Waals surface area contributed by atoms with Crippen LogP contribution in [0.2, 0.25) is 33.2 Å². The number of amides is 3. The molecule has 5 rings (SSSR count). The van der Waals surface area contributed by atoms with Crippen molar-refractivity contribution in [2.24, 2.45) is 0 Å². The zero-order valence-electron chi connectivity index (χ0n) is 44.8. The van der Waals surface area contributed by atoms with Gasteiger partial charge in [-0.2, -0.15) is 0 Å². The summed E-state index contributed by atoms with van der Waals surface area (Å²) in [5.41, 5.74) is 5.51. The van der Waals surface area contributed by atoms with Crippen molar-refractivity contribution in [2.45, 2.75) is 174 Å². The van der Waals surface area contributed by atoms with Crippen LogP contribution in [0.15, 0.2) is 109 Å². The van der Waals surface area contributed by atoms with Crippen LogP contribution in [-0.2, 0) is 42.7 Å². The zero-order chi connectivity index (χ0) is 51.0. The predicted octanol–water partition coefficient (Wildman–Crippen LogP) is 13.2. The molecule has 2 atom stereocenters. The number of nitrogens with one attached hydrogen (secondary N) is 1. The largest absolute Gasteiger partial charge is 0.489 e. The van der Waals surface area contributed by atoms with Crippen LogP contribution in [-0.4, -0.2) is 89.1 Å². The molecule has 70 heavy (non-hydrogen) atoms. The molecule has 1 aliphatic heterocycles. The van der Waals surface area contributed by atoms with Crippen molar-refractivity contribution >= 4 is 45.1 Å². The average molecular weight is 991 g/mol. The topological polar surface area (TPSA) is 97.4 Å². The summed E-state index contributed by atoms with van der Waals surface area (Å²) in [7, 11) is -4.29. The quantitative estimate of drug-likeness (QED) is 0.0452. The molecule has 0 aromatic heterocycles. The summed E-state index contributed by atoms with van der Waals surface area (Å²) in [6, 6.07) is 31.0. The first-order valence-corrected chi connectivity index (χ1v) is 30.7. The van der Waals surface area contributed by atoms with E-state index in [1.807, 2.05) is 89.8 Å². The highest BCUT2D eigenvalue weighted by Crippen LogP contribution is 2.43. The summed E-state index contributed by atoms with van der Waals surface area (Å²) < 4.78 is 20.1. The first-order valence-electron chi connectivity index (χ1n) is 26.4. The first kappa shape index (κ1) is 56.4. The minimum atomic E-state index is -2.17. The monoisotopic (exact) mass is 990 g/mol. The minimum absolute atomic E-state index is 0.00791. The fraction of sp³-hybridized carbons (Fsp3) is 0.542. The highest BCUT2D eigenvalue weighted by molar-refractivity contribution is 6.78. The van der Waals surface area contributed by atoms with Gasteiger partial charge in [0.25, 0.3) is 0 Å². The first-order chi connectivity index (χ1) is 33.4. The Kier molecular flexibility index (Phi) is 21.6. The molecule has 0 bridgehead atoms. The maximum absolute atomic E-state index is 15.1. The van der Waals surface area contributed by atoms with Crippen LogP contribution in [0.25, 0.3) is 10.8 Å². The number of carbonyl (C=O) groups excluding carboxylic acids is 3. The molecule has 1 N–H and O–H groups in total. The van der Waals surface area contributed by atoms with Crippen molar-refractivity contribution in [1.82, 2.24) is 15.1 Å². The lowest BCUT2D eigenvalue weighted by Gasteiger charge is -2.42. The molecule has 0 unspecified atom stereocenters. The Hall–Kier alpha value is -4.56. The number of rotatable bonds is 23. The van der Waals surface area contributed by atoms with E-state index in [4.69, 9.17) is 13.6 Å². The predicted molar refractivity (Wildman–Crippen MR) is 294 cm³/mol. The Bertz CT molecular complexity index is 2230. The zero-order valence-corrected chi connectivity index (χ0v) is 46.8. The van der Waals surface area contributed by atoms with Crippen molar-refractivity contribution in [2.75, 3.05) is 32.8 Å². The van der Waals surface area contributed by atoms with Gasteiger partial charge in [0.05, 0.1) is 12.8 Å². The fourth-order valence-electron chi connectivity index (χ4n) is 11.7. The van der Waals surface area contributed by atoms with Crippen LogP contribution in [0.1, 0.15) is 125 Å². The second-order valence-corrected chi connectivity index (χ2v) is 32.5. The maximum atomic E-state index is 15.1. The van der Waals surface area contributed by atoms with Crippen LogP contribution < -0.4 is 10.1 Å². The van der Waals surface area contributed by atoms with Gasteiger partial charge in [-0.25, -0.2) is 0 Å². The lowest BCUT2D eigenvalue weighted by atomic mass is 10.0. The summed E-state index contributed by atoms with van der Waals surface area (Å²) in [6.45, 7) is 30.0. The van der Waals surface area contributed by atoms with E-state index in [9.17, 15) is 9.59 Å². The van der Waals surface area contributed by atoms with Crippen LogP contribution in [0.3, 0.4) is 0 Å². The molecule has 9 nitrogen and oxygen atoms in total. The summed E-state index contributed by atoms with van der Waals surface area (Å²) in [5, 5.41) is 5.68. The van der Waals surface area contributed by atoms with Gasteiger partial charge in [0.2, 0.25) is 17.7 Å². The SMILES string of the molecule is CC(C)[Si](OCCC[C@@H]1CN(C(=O)Cc2ccc3ccccc3c2)C/C=C/CN(C(=O)Cc2ccc(OCc3ccccc3)cc2)[C@@H](CCCO[Si](C(C)C)(C(C)C)C(C)C)C(=O)N1)(C(C)C)C(C)C. The molecular weight excluding hydrogens is 903 g/mol. The van der Waals surface area contributed by atoms with Crippen molar-refractivity contribution in [3.05, 3.63) is 126 Å². The molecule has 0 saturated carbocycles. The van der Waals surface area contributed by atoms with Crippen LogP contribution in [0.5, 0.6) is 5.75 Å². The second-order valence-electron chi connectivity index (χ2n) is 21.6. The number of fused-ring (bicyclic) bond motifs is 1. The lowest BCUT2D eigenvalue weighted by molar-refractivity contribution is -0.140. The Balaban J connectivity index is 1.44. The molecule has 4 aromatic rings. The van der Waals surface area contributed by atoms with E-state index in [1.54, 1.807) is 4.90 Å². The summed E-state index contributed by atoms with van der Waals surface area (Å²) in [4.78, 5) is 47.9. The van der Waals surface area contributed by atoms with E-state index in [2.05, 4.69) is 113 Å². The van der Waals surface area contributed by atoms with Crippen molar-refractivity contribution in [1.29, 1.82) is 0 Å². The van der Waals surface area contributed by atoms with E-state index >= 15 is 4.79 Å². The Labute approximate surface area is 424 Å². The maximum Gasteiger partial charge on any atom is 0.243 e. The molecule has 1 heterocycles. The van der Waals surface area contributed by atoms with Crippen molar-refractivity contribution < 1.29 is 28.0 Å². The summed E-state index contributed by atoms with van der Waals surface area (Å²) in [6.07, 6.45) is 6.75. The number of hydrogen-bond acceptors (Lipinski definition) is 6. The summed E-state index contributed by atoms with van der Waals surface area (Å²) >= 11 is 0. The molecule has 0 spiro atoms. The van der Waals surface area contributed by atoms with Gasteiger partial charge in [-0.1, -0.05) is 180 Å². The molecule has 11 heteroatoms. The van der Waals surface area contributed by atoms with Gasteiger partial charge in [-0.3, -0.25) is 14.4 Å². The Morgan fingerprint density at radius 1 is 0.586 bits per heavy atom. The minimum Gasteiger partial charge on any atom is -0.489 e. The molecule has 382 valence electrons. The molecule has 0 radical (unpaired) electrons. The summed E-state index contributed by atoms with van der Waals surface area (Å²) in [5.74, 6) is 0.383. The molecule has 3 amide bonds. The third kappa shape index (κ3) is 14.8. The average Bonchev–Trinajstić information content (AvgIpc) is 3.34. The highest BCUT2D eigenvalue weighted by Gasteiger charge is 2.46. The number of hydrogen-bond donors (Lipinski definition) is 1. The number of benzene rings is 4. The van der Waals surface area contributed by atoms with E-state index in [0.717, 1.165) is 39.6 Å². The third-order valence-electron chi connectivity index (χ3n) is 15.1.